The molecule has 1 fully saturated rings. The van der Waals surface area contributed by atoms with E-state index in [9.17, 15) is 4.79 Å². The fourth-order valence-electron chi connectivity index (χ4n) is 3.07. The van der Waals surface area contributed by atoms with Crippen molar-refractivity contribution < 1.29 is 4.79 Å². The first-order valence-electron chi connectivity index (χ1n) is 9.21. The minimum absolute atomic E-state index is 0.0379. The molecule has 2 aromatic rings. The van der Waals surface area contributed by atoms with Gasteiger partial charge in [-0.05, 0) is 25.0 Å². The average Bonchev–Trinajstić information content (AvgIpc) is 3.30. The number of thioether (sulfide) groups is 1. The Hall–Kier alpha value is -2.09. The number of rotatable bonds is 9. The van der Waals surface area contributed by atoms with Crippen LogP contribution in [0, 0.1) is 0 Å². The first-order chi connectivity index (χ1) is 12.7. The molecule has 1 saturated heterocycles. The van der Waals surface area contributed by atoms with Crippen molar-refractivity contribution in [1.29, 1.82) is 0 Å². The summed E-state index contributed by atoms with van der Waals surface area (Å²) in [7, 11) is 0. The number of carbonyl (C=O) groups excluding carboxylic acids is 1. The van der Waals surface area contributed by atoms with E-state index in [1.54, 1.807) is 17.8 Å². The maximum absolute atomic E-state index is 11.7. The van der Waals surface area contributed by atoms with E-state index in [0.717, 1.165) is 40.9 Å². The molecule has 8 heteroatoms. The molecule has 140 valence electrons. The summed E-state index contributed by atoms with van der Waals surface area (Å²) in [6.07, 6.45) is 7.18. The number of hydrogen-bond donors (Lipinski definition) is 1. The summed E-state index contributed by atoms with van der Waals surface area (Å²) in [4.78, 5) is 23.5. The minimum atomic E-state index is 0.0379. The van der Waals surface area contributed by atoms with E-state index < -0.39 is 0 Å². The third-order valence-corrected chi connectivity index (χ3v) is 5.09. The molecule has 1 N–H and O–H groups in total. The molecule has 3 heterocycles. The van der Waals surface area contributed by atoms with Gasteiger partial charge in [-0.2, -0.15) is 5.10 Å². The lowest BCUT2D eigenvalue weighted by molar-refractivity contribution is -0.121. The molecule has 0 atom stereocenters. The normalized spacial score (nSPS) is 14.1. The van der Waals surface area contributed by atoms with Gasteiger partial charge in [0.15, 0.2) is 10.8 Å². The molecule has 1 amide bonds. The second-order valence-electron chi connectivity index (χ2n) is 6.24. The van der Waals surface area contributed by atoms with E-state index in [0.29, 0.717) is 25.9 Å². The Kier molecular flexibility index (Phi) is 6.49. The van der Waals surface area contributed by atoms with Gasteiger partial charge in [0.1, 0.15) is 5.82 Å². The number of fused-ring (bicyclic) bond motifs is 1. The van der Waals surface area contributed by atoms with Crippen LogP contribution in [0.3, 0.4) is 0 Å². The smallest absolute Gasteiger partial charge is 0.220 e. The van der Waals surface area contributed by atoms with Gasteiger partial charge >= 0.3 is 0 Å². The largest absolute Gasteiger partial charge is 0.356 e. The van der Waals surface area contributed by atoms with Gasteiger partial charge < -0.3 is 10.2 Å². The molecule has 1 aliphatic rings. The summed E-state index contributed by atoms with van der Waals surface area (Å²) < 4.78 is 1.87. The van der Waals surface area contributed by atoms with Crippen molar-refractivity contribution in [3.05, 3.63) is 18.9 Å². The Balaban J connectivity index is 1.78. The Morgan fingerprint density at radius 1 is 1.38 bits per heavy atom. The summed E-state index contributed by atoms with van der Waals surface area (Å²) in [6.45, 7) is 8.93. The topological polar surface area (TPSA) is 75.9 Å². The highest BCUT2D eigenvalue weighted by Gasteiger charge is 2.20. The number of nitrogens with one attached hydrogen (secondary N) is 1. The molecule has 7 nitrogen and oxygen atoms in total. The van der Waals surface area contributed by atoms with Crippen LogP contribution in [-0.4, -0.2) is 51.0 Å². The van der Waals surface area contributed by atoms with Crippen molar-refractivity contribution in [3.8, 4) is 0 Å². The Bertz CT molecular complexity index is 768. The number of carbonyl (C=O) groups is 1. The van der Waals surface area contributed by atoms with Crippen molar-refractivity contribution in [2.24, 2.45) is 0 Å². The lowest BCUT2D eigenvalue weighted by atomic mass is 10.3. The van der Waals surface area contributed by atoms with Crippen LogP contribution < -0.4 is 10.2 Å². The molecule has 0 saturated carbocycles. The third kappa shape index (κ3) is 4.35. The number of hydrogen-bond acceptors (Lipinski definition) is 6. The third-order valence-electron chi connectivity index (χ3n) is 4.36. The van der Waals surface area contributed by atoms with Gasteiger partial charge in [0.05, 0.1) is 18.1 Å². The number of anilines is 1. The van der Waals surface area contributed by atoms with E-state index in [1.165, 1.54) is 12.8 Å². The maximum Gasteiger partial charge on any atom is 0.220 e. The van der Waals surface area contributed by atoms with Gasteiger partial charge in [-0.1, -0.05) is 24.8 Å². The molecule has 0 spiro atoms. The molecule has 3 rings (SSSR count). The molecular weight excluding hydrogens is 348 g/mol. The second-order valence-corrected chi connectivity index (χ2v) is 7.47. The predicted molar refractivity (Wildman–Crippen MR) is 106 cm³/mol. The van der Waals surface area contributed by atoms with Gasteiger partial charge in [0, 0.05) is 26.1 Å². The summed E-state index contributed by atoms with van der Waals surface area (Å²) in [6, 6.07) is 0. The number of aromatic nitrogens is 4. The zero-order valence-electron chi connectivity index (χ0n) is 15.3. The Labute approximate surface area is 158 Å². The predicted octanol–water partition coefficient (Wildman–Crippen LogP) is 2.62. The standard InChI is InChI=1S/C18H26N6OS/c1-3-5-8-15(25)19-9-12-24-17-14(13-20-24)16(23-10-6-7-11-23)21-18(22-17)26-4-2/h3,13H,1,4-12H2,2H3,(H,19,25). The molecule has 0 unspecified atom stereocenters. The van der Waals surface area contributed by atoms with Crippen molar-refractivity contribution >= 4 is 34.5 Å². The summed E-state index contributed by atoms with van der Waals surface area (Å²) >= 11 is 1.64. The molecule has 0 aromatic carbocycles. The van der Waals surface area contributed by atoms with Crippen molar-refractivity contribution in [3.63, 3.8) is 0 Å². The SMILES string of the molecule is C=CCCC(=O)NCCn1ncc2c(N3CCCC3)nc(SCC)nc21. The Morgan fingerprint density at radius 2 is 2.19 bits per heavy atom. The van der Waals surface area contributed by atoms with Gasteiger partial charge in [0.2, 0.25) is 5.91 Å². The fraction of sp³-hybridized carbons (Fsp3) is 0.556. The molecule has 0 radical (unpaired) electrons. The fourth-order valence-corrected chi connectivity index (χ4v) is 3.63. The monoisotopic (exact) mass is 374 g/mol. The summed E-state index contributed by atoms with van der Waals surface area (Å²) in [5.41, 5.74) is 0.846. The molecule has 26 heavy (non-hydrogen) atoms. The molecule has 1 aliphatic heterocycles. The van der Waals surface area contributed by atoms with E-state index in [4.69, 9.17) is 9.97 Å². The second kappa shape index (κ2) is 9.02. The minimum Gasteiger partial charge on any atom is -0.356 e. The van der Waals surface area contributed by atoms with E-state index in [1.807, 2.05) is 10.9 Å². The number of nitrogens with zero attached hydrogens (tertiary/aromatic N) is 5. The quantitative estimate of drug-likeness (QED) is 0.413. The zero-order chi connectivity index (χ0) is 18.4. The highest BCUT2D eigenvalue weighted by molar-refractivity contribution is 7.99. The van der Waals surface area contributed by atoms with Crippen LogP contribution in [0.2, 0.25) is 0 Å². The highest BCUT2D eigenvalue weighted by Crippen LogP contribution is 2.29. The van der Waals surface area contributed by atoms with Crippen LogP contribution >= 0.6 is 11.8 Å². The summed E-state index contributed by atoms with van der Waals surface area (Å²) in [5.74, 6) is 1.96. The zero-order valence-corrected chi connectivity index (χ0v) is 16.1. The highest BCUT2D eigenvalue weighted by atomic mass is 32.2. The van der Waals surface area contributed by atoms with Crippen LogP contribution in [-0.2, 0) is 11.3 Å². The average molecular weight is 375 g/mol. The van der Waals surface area contributed by atoms with Crippen LogP contribution in [0.4, 0.5) is 5.82 Å². The van der Waals surface area contributed by atoms with Crippen LogP contribution in [0.1, 0.15) is 32.6 Å². The Morgan fingerprint density at radius 3 is 2.92 bits per heavy atom. The van der Waals surface area contributed by atoms with Gasteiger partial charge in [-0.3, -0.25) is 4.79 Å². The maximum atomic E-state index is 11.7. The lowest BCUT2D eigenvalue weighted by Crippen LogP contribution is -2.27. The van der Waals surface area contributed by atoms with Crippen molar-refractivity contribution in [1.82, 2.24) is 25.1 Å². The molecule has 0 bridgehead atoms. The van der Waals surface area contributed by atoms with Crippen LogP contribution in [0.25, 0.3) is 11.0 Å². The van der Waals surface area contributed by atoms with Gasteiger partial charge in [-0.15, -0.1) is 6.58 Å². The lowest BCUT2D eigenvalue weighted by Gasteiger charge is -2.17. The summed E-state index contributed by atoms with van der Waals surface area (Å²) in [5, 5.41) is 9.20. The van der Waals surface area contributed by atoms with Crippen LogP contribution in [0.5, 0.6) is 0 Å². The first kappa shape index (κ1) is 18.7. The number of amides is 1. The molecular formula is C18H26N6OS. The first-order valence-corrected chi connectivity index (χ1v) is 10.2. The molecule has 2 aromatic heterocycles. The number of allylic oxidation sites excluding steroid dienone is 1. The van der Waals surface area contributed by atoms with E-state index in [2.05, 4.69) is 28.8 Å². The molecule has 0 aliphatic carbocycles. The van der Waals surface area contributed by atoms with Gasteiger partial charge in [0.25, 0.3) is 0 Å². The van der Waals surface area contributed by atoms with E-state index >= 15 is 0 Å². The van der Waals surface area contributed by atoms with Gasteiger partial charge in [-0.25, -0.2) is 14.6 Å². The van der Waals surface area contributed by atoms with E-state index in [-0.39, 0.29) is 5.91 Å². The van der Waals surface area contributed by atoms with Crippen molar-refractivity contribution in [2.45, 2.75) is 44.3 Å². The van der Waals surface area contributed by atoms with Crippen molar-refractivity contribution in [2.75, 3.05) is 30.3 Å². The van der Waals surface area contributed by atoms with Crippen LogP contribution in [0.15, 0.2) is 24.0 Å².